The Morgan fingerprint density at radius 2 is 2.05 bits per heavy atom. The largest absolute Gasteiger partial charge is 0.316 e. The molecule has 0 saturated heterocycles. The van der Waals surface area contributed by atoms with E-state index < -0.39 is 10.0 Å². The standard InChI is InChI=1S/C15H23BrN2O2S/c1-10-4-5-13(6-10)18-21(19,20)14-8-12(9-17-3)7-11(2)15(14)16/h7-8,10,13,17-18H,4-6,9H2,1-3H3. The third kappa shape index (κ3) is 4.06. The van der Waals surface area contributed by atoms with Crippen molar-refractivity contribution in [1.82, 2.24) is 10.0 Å². The summed E-state index contributed by atoms with van der Waals surface area (Å²) in [6.07, 6.45) is 2.94. The van der Waals surface area contributed by atoms with E-state index >= 15 is 0 Å². The molecule has 0 spiro atoms. The van der Waals surface area contributed by atoms with E-state index in [2.05, 4.69) is 32.9 Å². The first kappa shape index (κ1) is 16.9. The molecule has 2 rings (SSSR count). The first-order valence-corrected chi connectivity index (χ1v) is 9.57. The monoisotopic (exact) mass is 374 g/mol. The summed E-state index contributed by atoms with van der Waals surface area (Å²) in [5.74, 6) is 0.596. The highest BCUT2D eigenvalue weighted by Crippen LogP contribution is 2.30. The van der Waals surface area contributed by atoms with Crippen molar-refractivity contribution in [2.75, 3.05) is 7.05 Å². The average molecular weight is 375 g/mol. The van der Waals surface area contributed by atoms with E-state index in [1.807, 2.05) is 20.0 Å². The first-order valence-electron chi connectivity index (χ1n) is 7.29. The summed E-state index contributed by atoms with van der Waals surface area (Å²) in [6.45, 7) is 4.74. The minimum Gasteiger partial charge on any atom is -0.316 e. The van der Waals surface area contributed by atoms with E-state index in [-0.39, 0.29) is 6.04 Å². The Kier molecular flexibility index (Phi) is 5.46. The molecule has 2 atom stereocenters. The van der Waals surface area contributed by atoms with Crippen LogP contribution in [-0.4, -0.2) is 21.5 Å². The number of aryl methyl sites for hydroxylation is 1. The molecule has 6 heteroatoms. The zero-order valence-corrected chi connectivity index (χ0v) is 15.1. The summed E-state index contributed by atoms with van der Waals surface area (Å²) >= 11 is 3.42. The van der Waals surface area contributed by atoms with Gasteiger partial charge in [-0.1, -0.05) is 13.0 Å². The molecule has 1 saturated carbocycles. The topological polar surface area (TPSA) is 58.2 Å². The van der Waals surface area contributed by atoms with Gasteiger partial charge in [-0.3, -0.25) is 0 Å². The van der Waals surface area contributed by atoms with E-state index in [0.29, 0.717) is 21.8 Å². The van der Waals surface area contributed by atoms with E-state index in [1.54, 1.807) is 6.07 Å². The van der Waals surface area contributed by atoms with Crippen LogP contribution in [0.2, 0.25) is 0 Å². The quantitative estimate of drug-likeness (QED) is 0.832. The number of rotatable bonds is 5. The molecule has 0 radical (unpaired) electrons. The summed E-state index contributed by atoms with van der Waals surface area (Å²) in [5.41, 5.74) is 1.90. The van der Waals surface area contributed by atoms with Gasteiger partial charge in [0.1, 0.15) is 0 Å². The summed E-state index contributed by atoms with van der Waals surface area (Å²) in [7, 11) is -1.63. The van der Waals surface area contributed by atoms with Crippen molar-refractivity contribution in [3.05, 3.63) is 27.7 Å². The van der Waals surface area contributed by atoms with Crippen molar-refractivity contribution in [3.8, 4) is 0 Å². The third-order valence-electron chi connectivity index (χ3n) is 3.97. The van der Waals surface area contributed by atoms with Gasteiger partial charge in [0.2, 0.25) is 10.0 Å². The zero-order chi connectivity index (χ0) is 15.6. The molecule has 0 aromatic heterocycles. The van der Waals surface area contributed by atoms with E-state index in [0.717, 1.165) is 30.4 Å². The van der Waals surface area contributed by atoms with Crippen LogP contribution < -0.4 is 10.0 Å². The maximum atomic E-state index is 12.7. The molecule has 118 valence electrons. The number of halogens is 1. The number of hydrogen-bond donors (Lipinski definition) is 2. The summed E-state index contributed by atoms with van der Waals surface area (Å²) in [5, 5.41) is 3.06. The highest BCUT2D eigenvalue weighted by molar-refractivity contribution is 9.10. The Hall–Kier alpha value is -0.430. The molecular weight excluding hydrogens is 352 g/mol. The highest BCUT2D eigenvalue weighted by Gasteiger charge is 2.28. The molecule has 1 aromatic carbocycles. The molecule has 0 amide bonds. The number of nitrogens with one attached hydrogen (secondary N) is 2. The van der Waals surface area contributed by atoms with Crippen LogP contribution in [0.15, 0.2) is 21.5 Å². The summed E-state index contributed by atoms with van der Waals surface area (Å²) in [6, 6.07) is 3.80. The van der Waals surface area contributed by atoms with Gasteiger partial charge in [0.25, 0.3) is 0 Å². The fourth-order valence-corrected chi connectivity index (χ4v) is 5.26. The number of benzene rings is 1. The average Bonchev–Trinajstić information content (AvgIpc) is 2.78. The lowest BCUT2D eigenvalue weighted by molar-refractivity contribution is 0.538. The van der Waals surface area contributed by atoms with Crippen molar-refractivity contribution in [3.63, 3.8) is 0 Å². The van der Waals surface area contributed by atoms with Gasteiger partial charge in [-0.15, -0.1) is 0 Å². The lowest BCUT2D eigenvalue weighted by Gasteiger charge is -2.16. The molecule has 0 aliphatic heterocycles. The predicted molar refractivity (Wildman–Crippen MR) is 88.8 cm³/mol. The number of sulfonamides is 1. The van der Waals surface area contributed by atoms with Gasteiger partial charge in [0.05, 0.1) is 4.90 Å². The minimum atomic E-state index is -3.49. The zero-order valence-electron chi connectivity index (χ0n) is 12.7. The van der Waals surface area contributed by atoms with Crippen LogP contribution in [-0.2, 0) is 16.6 Å². The Balaban J connectivity index is 2.30. The van der Waals surface area contributed by atoms with Gasteiger partial charge >= 0.3 is 0 Å². The normalized spacial score (nSPS) is 22.7. The highest BCUT2D eigenvalue weighted by atomic mass is 79.9. The van der Waals surface area contributed by atoms with Crippen LogP contribution in [0.1, 0.15) is 37.3 Å². The second-order valence-electron chi connectivity index (χ2n) is 5.99. The fourth-order valence-electron chi connectivity index (χ4n) is 2.91. The molecule has 1 fully saturated rings. The van der Waals surface area contributed by atoms with Crippen LogP contribution >= 0.6 is 15.9 Å². The van der Waals surface area contributed by atoms with Crippen LogP contribution in [0.4, 0.5) is 0 Å². The van der Waals surface area contributed by atoms with E-state index in [4.69, 9.17) is 0 Å². The van der Waals surface area contributed by atoms with Gasteiger partial charge in [-0.2, -0.15) is 0 Å². The van der Waals surface area contributed by atoms with Gasteiger partial charge in [-0.05, 0) is 72.3 Å². The molecule has 1 aromatic rings. The summed E-state index contributed by atoms with van der Waals surface area (Å²) in [4.78, 5) is 0.340. The predicted octanol–water partition coefficient (Wildman–Crippen LogP) is 2.94. The smallest absolute Gasteiger partial charge is 0.241 e. The second-order valence-corrected chi connectivity index (χ2v) is 8.47. The molecular formula is C15H23BrN2O2S. The second kappa shape index (κ2) is 6.77. The van der Waals surface area contributed by atoms with E-state index in [1.165, 1.54) is 0 Å². The van der Waals surface area contributed by atoms with Crippen LogP contribution in [0, 0.1) is 12.8 Å². The Morgan fingerprint density at radius 1 is 1.33 bits per heavy atom. The fraction of sp³-hybridized carbons (Fsp3) is 0.600. The lowest BCUT2D eigenvalue weighted by atomic mass is 10.1. The third-order valence-corrected chi connectivity index (χ3v) is 6.83. The summed E-state index contributed by atoms with van der Waals surface area (Å²) < 4.78 is 28.8. The lowest BCUT2D eigenvalue weighted by Crippen LogP contribution is -2.33. The van der Waals surface area contributed by atoms with Gasteiger partial charge < -0.3 is 5.32 Å². The van der Waals surface area contributed by atoms with Crippen molar-refractivity contribution in [2.24, 2.45) is 5.92 Å². The van der Waals surface area contributed by atoms with Gasteiger partial charge in [0, 0.05) is 17.1 Å². The molecule has 0 bridgehead atoms. The minimum absolute atomic E-state index is 0.0603. The maximum absolute atomic E-state index is 12.7. The van der Waals surface area contributed by atoms with Crippen molar-refractivity contribution < 1.29 is 8.42 Å². The number of hydrogen-bond acceptors (Lipinski definition) is 3. The maximum Gasteiger partial charge on any atom is 0.241 e. The van der Waals surface area contributed by atoms with Crippen LogP contribution in [0.3, 0.4) is 0 Å². The van der Waals surface area contributed by atoms with Crippen LogP contribution in [0.5, 0.6) is 0 Å². The molecule has 1 aliphatic carbocycles. The molecule has 21 heavy (non-hydrogen) atoms. The Labute approximate surface area is 135 Å². The van der Waals surface area contributed by atoms with Gasteiger partial charge in [0.15, 0.2) is 0 Å². The van der Waals surface area contributed by atoms with Crippen LogP contribution in [0.25, 0.3) is 0 Å². The molecule has 2 N–H and O–H groups in total. The van der Waals surface area contributed by atoms with Crippen molar-refractivity contribution >= 4 is 26.0 Å². The van der Waals surface area contributed by atoms with Gasteiger partial charge in [-0.25, -0.2) is 13.1 Å². The Morgan fingerprint density at radius 3 is 2.62 bits per heavy atom. The molecule has 0 heterocycles. The van der Waals surface area contributed by atoms with E-state index in [9.17, 15) is 8.42 Å². The SMILES string of the molecule is CNCc1cc(C)c(Br)c(S(=O)(=O)NC2CCC(C)C2)c1. The molecule has 2 unspecified atom stereocenters. The Bertz CT molecular complexity index is 616. The molecule has 1 aliphatic rings. The molecule has 4 nitrogen and oxygen atoms in total. The first-order chi connectivity index (χ1) is 9.83. The van der Waals surface area contributed by atoms with Crippen molar-refractivity contribution in [2.45, 2.75) is 50.6 Å². The van der Waals surface area contributed by atoms with Crippen molar-refractivity contribution in [1.29, 1.82) is 0 Å².